The van der Waals surface area contributed by atoms with E-state index in [-0.39, 0.29) is 18.4 Å². The number of urea groups is 1. The average Bonchev–Trinajstić information content (AvgIpc) is 3.14. The summed E-state index contributed by atoms with van der Waals surface area (Å²) in [5.41, 5.74) is 1.35. The lowest BCUT2D eigenvalue weighted by atomic mass is 10.3. The minimum absolute atomic E-state index is 0. The van der Waals surface area contributed by atoms with Gasteiger partial charge >= 0.3 is 6.03 Å². The van der Waals surface area contributed by atoms with Gasteiger partial charge in [0, 0.05) is 35.8 Å². The molecule has 3 rings (SSSR count). The van der Waals surface area contributed by atoms with Crippen LogP contribution in [0.1, 0.15) is 31.7 Å². The average molecular weight is 397 g/mol. The number of nitrogens with zero attached hydrogens (tertiary/aromatic N) is 2. The van der Waals surface area contributed by atoms with E-state index in [2.05, 4.69) is 31.2 Å². The first-order chi connectivity index (χ1) is 13.6. The Morgan fingerprint density at radius 3 is 2.68 bits per heavy atom. The number of amides is 2. The standard InChI is InChI=1S/C17H22N6O3.C2H6.4H2/c1-11-8-15(19-7-3-6-18-2)22-16(20-11)23-17(24)21-12-4-5-13-14(9-12)26-10-25-13;1-2;;;;/h4-5,8-9,18H,3,6-7,10H2,1-2H3,(H3,19,20,21,22,23,24);1-2H3;4*1H. The lowest BCUT2D eigenvalue weighted by Gasteiger charge is -2.10. The monoisotopic (exact) mass is 396 g/mol. The third-order valence-corrected chi connectivity index (χ3v) is 3.62. The van der Waals surface area contributed by atoms with Crippen molar-refractivity contribution < 1.29 is 20.0 Å². The van der Waals surface area contributed by atoms with Gasteiger partial charge in [-0.2, -0.15) is 4.98 Å². The largest absolute Gasteiger partial charge is 0.454 e. The number of nitrogens with one attached hydrogen (secondary N) is 4. The second kappa shape index (κ2) is 10.9. The number of aromatic nitrogens is 2. The maximum absolute atomic E-state index is 12.2. The number of anilines is 3. The van der Waals surface area contributed by atoms with E-state index < -0.39 is 6.03 Å². The number of carbonyl (C=O) groups excluding carboxylic acids is 1. The second-order valence-corrected chi connectivity index (χ2v) is 5.75. The first-order valence-corrected chi connectivity index (χ1v) is 9.36. The van der Waals surface area contributed by atoms with Crippen molar-refractivity contribution in [3.63, 3.8) is 0 Å². The van der Waals surface area contributed by atoms with Gasteiger partial charge in [-0.05, 0) is 39.1 Å². The number of carbonyl (C=O) groups is 1. The van der Waals surface area contributed by atoms with E-state index in [4.69, 9.17) is 9.47 Å². The van der Waals surface area contributed by atoms with E-state index >= 15 is 0 Å². The highest BCUT2D eigenvalue weighted by Gasteiger charge is 2.14. The Morgan fingerprint density at radius 1 is 1.11 bits per heavy atom. The van der Waals surface area contributed by atoms with Crippen molar-refractivity contribution in [1.29, 1.82) is 0 Å². The lowest BCUT2D eigenvalue weighted by molar-refractivity contribution is 0.174. The quantitative estimate of drug-likeness (QED) is 0.520. The molecule has 0 radical (unpaired) electrons. The highest BCUT2D eigenvalue weighted by atomic mass is 16.7. The van der Waals surface area contributed by atoms with Crippen LogP contribution in [0.3, 0.4) is 0 Å². The molecule has 1 aromatic carbocycles. The number of fused-ring (bicyclic) bond motifs is 1. The van der Waals surface area contributed by atoms with Crippen molar-refractivity contribution in [3.8, 4) is 11.5 Å². The van der Waals surface area contributed by atoms with Gasteiger partial charge in [0.2, 0.25) is 12.7 Å². The van der Waals surface area contributed by atoms with E-state index in [1.165, 1.54) is 0 Å². The molecule has 0 saturated heterocycles. The fourth-order valence-corrected chi connectivity index (χ4v) is 2.43. The molecule has 0 spiro atoms. The molecule has 0 saturated carbocycles. The van der Waals surface area contributed by atoms with E-state index in [1.54, 1.807) is 18.2 Å². The van der Waals surface area contributed by atoms with Crippen molar-refractivity contribution in [2.75, 3.05) is 42.9 Å². The van der Waals surface area contributed by atoms with Crippen LogP contribution in [0, 0.1) is 6.92 Å². The van der Waals surface area contributed by atoms with Crippen molar-refractivity contribution in [1.82, 2.24) is 15.3 Å². The van der Waals surface area contributed by atoms with Crippen molar-refractivity contribution >= 4 is 23.5 Å². The van der Waals surface area contributed by atoms with Gasteiger partial charge in [0.15, 0.2) is 11.5 Å². The predicted molar refractivity (Wildman–Crippen MR) is 119 cm³/mol. The third kappa shape index (κ3) is 6.27. The van der Waals surface area contributed by atoms with Gasteiger partial charge in [0.1, 0.15) is 5.82 Å². The maximum atomic E-state index is 12.2. The van der Waals surface area contributed by atoms with Crippen LogP contribution in [-0.2, 0) is 0 Å². The number of hydrogen-bond acceptors (Lipinski definition) is 7. The van der Waals surface area contributed by atoms with Crippen molar-refractivity contribution in [3.05, 3.63) is 30.0 Å². The molecule has 1 aromatic heterocycles. The highest BCUT2D eigenvalue weighted by molar-refractivity contribution is 5.98. The summed E-state index contributed by atoms with van der Waals surface area (Å²) in [5, 5.41) is 11.7. The van der Waals surface area contributed by atoms with E-state index in [9.17, 15) is 4.79 Å². The zero-order valence-electron chi connectivity index (χ0n) is 16.8. The topological polar surface area (TPSA) is 109 Å². The van der Waals surface area contributed by atoms with Crippen molar-refractivity contribution in [2.45, 2.75) is 27.2 Å². The molecule has 1 aliphatic heterocycles. The number of benzene rings is 1. The van der Waals surface area contributed by atoms with Gasteiger partial charge in [-0.15, -0.1) is 0 Å². The second-order valence-electron chi connectivity index (χ2n) is 5.75. The SMILES string of the molecule is CC.CNCCCNc1cc(C)nc(NC(=O)Nc2ccc3c(c2)OCO3)n1.[HH].[HH].[HH].[HH]. The lowest BCUT2D eigenvalue weighted by Crippen LogP contribution is -2.21. The molecule has 2 heterocycles. The highest BCUT2D eigenvalue weighted by Crippen LogP contribution is 2.34. The molecule has 2 amide bonds. The van der Waals surface area contributed by atoms with Gasteiger partial charge in [0.25, 0.3) is 0 Å². The van der Waals surface area contributed by atoms with Crippen LogP contribution >= 0.6 is 0 Å². The Morgan fingerprint density at radius 2 is 1.89 bits per heavy atom. The minimum atomic E-state index is -0.435. The summed E-state index contributed by atoms with van der Waals surface area (Å²) >= 11 is 0. The normalized spacial score (nSPS) is 11.3. The molecule has 2 aromatic rings. The van der Waals surface area contributed by atoms with Crippen LogP contribution in [0.25, 0.3) is 0 Å². The molecule has 0 aliphatic carbocycles. The van der Waals surface area contributed by atoms with Crippen LogP contribution in [0.15, 0.2) is 24.3 Å². The number of ether oxygens (including phenoxy) is 2. The summed E-state index contributed by atoms with van der Waals surface area (Å²) in [6.45, 7) is 7.73. The first-order valence-electron chi connectivity index (χ1n) is 9.36. The Bertz CT molecular complexity index is 802. The zero-order valence-corrected chi connectivity index (χ0v) is 16.8. The molecule has 0 bridgehead atoms. The van der Waals surface area contributed by atoms with E-state index in [1.807, 2.05) is 33.9 Å². The zero-order chi connectivity index (χ0) is 20.4. The van der Waals surface area contributed by atoms with Gasteiger partial charge in [0.05, 0.1) is 0 Å². The van der Waals surface area contributed by atoms with Gasteiger partial charge in [-0.3, -0.25) is 5.32 Å². The van der Waals surface area contributed by atoms with E-state index in [0.29, 0.717) is 23.0 Å². The summed E-state index contributed by atoms with van der Waals surface area (Å²) in [6, 6.07) is 6.58. The Hall–Kier alpha value is -3.07. The third-order valence-electron chi connectivity index (χ3n) is 3.62. The summed E-state index contributed by atoms with van der Waals surface area (Å²) in [6.07, 6.45) is 0.965. The van der Waals surface area contributed by atoms with Crippen LogP contribution in [0.4, 0.5) is 22.2 Å². The minimum Gasteiger partial charge on any atom is -0.454 e. The Kier molecular flexibility index (Phi) is 8.29. The molecule has 4 N–H and O–H groups in total. The fourth-order valence-electron chi connectivity index (χ4n) is 2.43. The maximum Gasteiger partial charge on any atom is 0.326 e. The molecule has 160 valence electrons. The van der Waals surface area contributed by atoms with Gasteiger partial charge in [-0.1, -0.05) is 13.8 Å². The van der Waals surface area contributed by atoms with Crippen LogP contribution < -0.4 is 30.7 Å². The molecule has 28 heavy (non-hydrogen) atoms. The summed E-state index contributed by atoms with van der Waals surface area (Å²) in [5.74, 6) is 2.17. The molecule has 9 heteroatoms. The Labute approximate surface area is 171 Å². The number of aryl methyl sites for hydroxylation is 1. The Balaban J connectivity index is -0.00000136. The smallest absolute Gasteiger partial charge is 0.326 e. The number of rotatable bonds is 7. The summed E-state index contributed by atoms with van der Waals surface area (Å²) in [7, 11) is 1.91. The molecule has 1 aliphatic rings. The van der Waals surface area contributed by atoms with Gasteiger partial charge in [-0.25, -0.2) is 9.78 Å². The van der Waals surface area contributed by atoms with Crippen LogP contribution in [-0.4, -0.2) is 42.9 Å². The van der Waals surface area contributed by atoms with Crippen LogP contribution in [0.5, 0.6) is 11.5 Å². The number of hydrogen-bond donors (Lipinski definition) is 4. The van der Waals surface area contributed by atoms with E-state index in [0.717, 1.165) is 25.2 Å². The first kappa shape index (κ1) is 21.2. The van der Waals surface area contributed by atoms with Gasteiger partial charge < -0.3 is 25.4 Å². The predicted octanol–water partition coefficient (Wildman–Crippen LogP) is 4.19. The molecular formula is C19H36N6O3. The van der Waals surface area contributed by atoms with Crippen LogP contribution in [0.2, 0.25) is 0 Å². The summed E-state index contributed by atoms with van der Waals surface area (Å²) < 4.78 is 10.5. The molecule has 9 nitrogen and oxygen atoms in total. The summed E-state index contributed by atoms with van der Waals surface area (Å²) in [4.78, 5) is 20.7. The molecule has 0 unspecified atom stereocenters. The fraction of sp³-hybridized carbons (Fsp3) is 0.421. The molecule has 0 fully saturated rings. The molecule has 0 atom stereocenters. The van der Waals surface area contributed by atoms with Crippen molar-refractivity contribution in [2.24, 2.45) is 0 Å². The molecular weight excluding hydrogens is 360 g/mol.